The number of carbonyl (C=O) groups is 1. The minimum absolute atomic E-state index is 0.00101. The highest BCUT2D eigenvalue weighted by molar-refractivity contribution is 7.92. The number of carbonyl (C=O) groups excluding carboxylic acids is 1. The van der Waals surface area contributed by atoms with E-state index in [1.165, 1.54) is 6.07 Å². The molecular formula is C30H33F2N7O3S. The second kappa shape index (κ2) is 9.46. The largest absolute Gasteiger partial charge is 0.331 e. The summed E-state index contributed by atoms with van der Waals surface area (Å²) in [6.45, 7) is -2.63. The summed E-state index contributed by atoms with van der Waals surface area (Å²) >= 11 is 0. The van der Waals surface area contributed by atoms with Crippen molar-refractivity contribution in [2.24, 2.45) is 11.7 Å². The number of pyridine rings is 1. The highest BCUT2D eigenvalue weighted by Gasteiger charge is 2.47. The van der Waals surface area contributed by atoms with Crippen molar-refractivity contribution in [1.82, 2.24) is 24.0 Å². The first-order chi connectivity index (χ1) is 20.6. The van der Waals surface area contributed by atoms with Gasteiger partial charge in [0.1, 0.15) is 11.5 Å². The van der Waals surface area contributed by atoms with E-state index < -0.39 is 16.6 Å². The fraction of sp³-hybridized carbons (Fsp3) is 0.500. The number of imidazole rings is 1. The number of nitrogens with zero attached hydrogens (tertiary/aromatic N) is 6. The number of benzene rings is 1. The normalized spacial score (nSPS) is 23.7. The van der Waals surface area contributed by atoms with Gasteiger partial charge in [-0.05, 0) is 87.3 Å². The highest BCUT2D eigenvalue weighted by Crippen LogP contribution is 2.44. The van der Waals surface area contributed by atoms with E-state index in [1.807, 2.05) is 33.7 Å². The Morgan fingerprint density at radius 3 is 2.44 bits per heavy atom. The fourth-order valence-corrected chi connectivity index (χ4v) is 7.93. The molecule has 8 rings (SSSR count). The highest BCUT2D eigenvalue weighted by atomic mass is 32.2. The first kappa shape index (κ1) is 27.0. The van der Waals surface area contributed by atoms with Crippen LogP contribution >= 0.6 is 0 Å². The summed E-state index contributed by atoms with van der Waals surface area (Å²) < 4.78 is 56.4. The number of alkyl halides is 2. The number of amides is 1. The molecule has 3 aromatic heterocycles. The maximum atomic E-state index is 13.8. The van der Waals surface area contributed by atoms with E-state index >= 15 is 0 Å². The summed E-state index contributed by atoms with van der Waals surface area (Å²) in [7, 11) is -4.25. The van der Waals surface area contributed by atoms with Crippen molar-refractivity contribution in [1.29, 1.82) is 0 Å². The van der Waals surface area contributed by atoms with Crippen LogP contribution in [0, 0.1) is 5.92 Å². The summed E-state index contributed by atoms with van der Waals surface area (Å²) in [4.78, 5) is 25.2. The van der Waals surface area contributed by atoms with Crippen molar-refractivity contribution in [2.45, 2.75) is 82.2 Å². The van der Waals surface area contributed by atoms with Gasteiger partial charge in [-0.2, -0.15) is 13.1 Å². The Labute approximate surface area is 247 Å². The molecule has 2 bridgehead atoms. The summed E-state index contributed by atoms with van der Waals surface area (Å²) in [6.07, 6.45) is 7.66. The van der Waals surface area contributed by atoms with Crippen LogP contribution < -0.4 is 10.0 Å². The second-order valence-corrected chi connectivity index (χ2v) is 14.5. The van der Waals surface area contributed by atoms with E-state index in [0.29, 0.717) is 29.1 Å². The summed E-state index contributed by atoms with van der Waals surface area (Å²) in [5.74, 6) is 0.838. The summed E-state index contributed by atoms with van der Waals surface area (Å²) in [6, 6.07) is 11.2. The molecule has 1 aromatic carbocycles. The lowest BCUT2D eigenvalue weighted by atomic mass is 9.97. The van der Waals surface area contributed by atoms with Crippen molar-refractivity contribution in [2.75, 3.05) is 10.6 Å². The number of fused-ring (bicyclic) bond motifs is 4. The zero-order chi connectivity index (χ0) is 29.8. The van der Waals surface area contributed by atoms with E-state index in [4.69, 9.17) is 10.7 Å². The minimum atomic E-state index is -4.25. The molecule has 4 fully saturated rings. The Hall–Kier alpha value is -3.58. The van der Waals surface area contributed by atoms with E-state index in [2.05, 4.69) is 9.55 Å². The number of aromatic nitrogens is 4. The van der Waals surface area contributed by atoms with Crippen LogP contribution in [-0.4, -0.2) is 69.3 Å². The van der Waals surface area contributed by atoms with Gasteiger partial charge in [0, 0.05) is 41.7 Å². The van der Waals surface area contributed by atoms with Crippen LogP contribution in [0.4, 0.5) is 14.6 Å². The van der Waals surface area contributed by atoms with Crippen LogP contribution in [0.3, 0.4) is 0 Å². The average molecular weight is 610 g/mol. The van der Waals surface area contributed by atoms with Crippen LogP contribution in [0.5, 0.6) is 0 Å². The molecule has 4 aliphatic rings. The molecule has 4 aromatic rings. The Balaban J connectivity index is 1.25. The molecule has 2 N–H and O–H groups in total. The lowest BCUT2D eigenvalue weighted by Crippen LogP contribution is -2.40. The zero-order valence-electron chi connectivity index (χ0n) is 23.7. The van der Waals surface area contributed by atoms with Gasteiger partial charge in [-0.15, -0.1) is 0 Å². The molecule has 2 aliphatic heterocycles. The van der Waals surface area contributed by atoms with Crippen LogP contribution in [0.25, 0.3) is 33.6 Å². The third kappa shape index (κ3) is 4.42. The molecule has 2 aliphatic carbocycles. The molecule has 43 heavy (non-hydrogen) atoms. The number of nitrogens with two attached hydrogens (primary N) is 1. The van der Waals surface area contributed by atoms with Crippen molar-refractivity contribution >= 4 is 43.8 Å². The van der Waals surface area contributed by atoms with Crippen LogP contribution in [0.1, 0.15) is 61.3 Å². The minimum Gasteiger partial charge on any atom is -0.331 e. The zero-order valence-corrected chi connectivity index (χ0v) is 24.6. The molecule has 2 saturated heterocycles. The van der Waals surface area contributed by atoms with Crippen LogP contribution in [0.2, 0.25) is 0 Å². The number of hydrogen-bond acceptors (Lipinski definition) is 6. The Morgan fingerprint density at radius 2 is 1.81 bits per heavy atom. The van der Waals surface area contributed by atoms with Crippen molar-refractivity contribution < 1.29 is 22.0 Å². The molecule has 0 radical (unpaired) electrons. The van der Waals surface area contributed by atoms with E-state index in [-0.39, 0.29) is 40.2 Å². The first-order valence-electron chi connectivity index (χ1n) is 15.0. The topological polar surface area (TPSA) is 119 Å². The van der Waals surface area contributed by atoms with Crippen molar-refractivity contribution in [3.05, 3.63) is 42.0 Å². The number of hydrogen-bond donors (Lipinski definition) is 1. The van der Waals surface area contributed by atoms with Gasteiger partial charge in [0.05, 0.1) is 23.0 Å². The van der Waals surface area contributed by atoms with Gasteiger partial charge >= 0.3 is 6.55 Å². The van der Waals surface area contributed by atoms with Crippen LogP contribution in [-0.2, 0) is 16.6 Å². The molecule has 1 amide bonds. The monoisotopic (exact) mass is 609 g/mol. The number of anilines is 1. The van der Waals surface area contributed by atoms with E-state index in [0.717, 1.165) is 73.8 Å². The van der Waals surface area contributed by atoms with Crippen molar-refractivity contribution in [3.8, 4) is 11.5 Å². The lowest BCUT2D eigenvalue weighted by molar-refractivity contribution is 0.0726. The molecule has 5 heterocycles. The third-order valence-electron chi connectivity index (χ3n) is 9.52. The Kier molecular flexibility index (Phi) is 5.94. The molecule has 0 unspecified atom stereocenters. The van der Waals surface area contributed by atoms with E-state index in [1.54, 1.807) is 6.07 Å². The maximum Gasteiger partial charge on any atom is 0.329 e. The quantitative estimate of drug-likeness (QED) is 0.294. The Bertz CT molecular complexity index is 1900. The molecule has 2 saturated carbocycles. The van der Waals surface area contributed by atoms with Gasteiger partial charge in [0.25, 0.3) is 5.91 Å². The van der Waals surface area contributed by atoms with Crippen molar-refractivity contribution in [3.63, 3.8) is 0 Å². The number of rotatable bonds is 8. The molecule has 13 heteroatoms. The number of halogens is 2. The predicted molar refractivity (Wildman–Crippen MR) is 158 cm³/mol. The molecule has 3 atom stereocenters. The average Bonchev–Trinajstić information content (AvgIpc) is 3.83. The van der Waals surface area contributed by atoms with Gasteiger partial charge in [-0.25, -0.2) is 18.4 Å². The van der Waals surface area contributed by atoms with Gasteiger partial charge in [0.15, 0.2) is 5.82 Å². The molecule has 10 nitrogen and oxygen atoms in total. The predicted octanol–water partition coefficient (Wildman–Crippen LogP) is 4.49. The second-order valence-electron chi connectivity index (χ2n) is 12.7. The van der Waals surface area contributed by atoms with Gasteiger partial charge in [0.2, 0.25) is 10.0 Å². The Morgan fingerprint density at radius 1 is 1.05 bits per heavy atom. The number of sulfonamides is 1. The van der Waals surface area contributed by atoms with Crippen LogP contribution in [0.15, 0.2) is 36.4 Å². The smallest absolute Gasteiger partial charge is 0.329 e. The van der Waals surface area contributed by atoms with Gasteiger partial charge in [-0.1, -0.05) is 0 Å². The maximum absolute atomic E-state index is 13.8. The third-order valence-corrected chi connectivity index (χ3v) is 10.6. The SMILES string of the molecule is CS(=O)(=O)N(c1ccc2cc(-c3nc4cc(C(=O)N5[C@H]6CC[C@@H]5[C@H](N)C6)ccc4n3C3CC3)n(CC3CC3)c2n1)C(F)F. The fourth-order valence-electron chi connectivity index (χ4n) is 7.20. The summed E-state index contributed by atoms with van der Waals surface area (Å²) in [5.41, 5.74) is 9.81. The molecular weight excluding hydrogens is 576 g/mol. The van der Waals surface area contributed by atoms with Gasteiger partial charge in [-0.3, -0.25) is 4.79 Å². The molecule has 0 spiro atoms. The summed E-state index contributed by atoms with van der Waals surface area (Å²) in [5, 5.41) is 0.716. The van der Waals surface area contributed by atoms with Gasteiger partial charge < -0.3 is 19.8 Å². The lowest BCUT2D eigenvalue weighted by Gasteiger charge is -2.23. The first-order valence-corrected chi connectivity index (χ1v) is 16.8. The van der Waals surface area contributed by atoms with E-state index in [9.17, 15) is 22.0 Å². The molecule has 226 valence electrons. The standard InChI is InChI=1S/C30H33F2N7O3S/c1-43(41,42)39(30(31)32)26-11-5-17-13-25(36(27(17)35-26)15-16-2-3-16)28-34-22-12-18(4-9-24(22)37(28)19-6-7-19)29(40)38-20-8-10-23(38)21(33)14-20/h4-5,9,11-13,16,19-21,23,30H,2-3,6-8,10,14-15,33H2,1H3/t20-,21+,23+/m0/s1.